The molecule has 1 aromatic rings. The monoisotopic (exact) mass is 250 g/mol. The topological polar surface area (TPSA) is 42.0 Å². The summed E-state index contributed by atoms with van der Waals surface area (Å²) >= 11 is 0. The maximum absolute atomic E-state index is 12.6. The van der Waals surface area contributed by atoms with E-state index in [-0.39, 0.29) is 6.54 Å². The van der Waals surface area contributed by atoms with Crippen LogP contribution in [-0.4, -0.2) is 23.2 Å². The Balaban J connectivity index is 2.64. The first-order valence-electron chi connectivity index (χ1n) is 4.69. The van der Waals surface area contributed by atoms with Gasteiger partial charge >= 0.3 is 12.3 Å². The van der Waals surface area contributed by atoms with Crippen molar-refractivity contribution in [1.82, 2.24) is 10.3 Å². The van der Waals surface area contributed by atoms with Crippen LogP contribution in [0, 0.1) is 6.92 Å². The van der Waals surface area contributed by atoms with Crippen LogP contribution in [0.25, 0.3) is 0 Å². The predicted octanol–water partition coefficient (Wildman–Crippen LogP) is 1.91. The number of alkyl halides is 4. The van der Waals surface area contributed by atoms with Crippen LogP contribution in [0.5, 0.6) is 0 Å². The van der Waals surface area contributed by atoms with Gasteiger partial charge in [0.2, 0.25) is 0 Å². The molecule has 1 N–H and O–H groups in total. The number of halogens is 4. The average Bonchev–Trinajstić information content (AvgIpc) is 2.27. The maximum Gasteiger partial charge on any atom is 0.383 e. The molecule has 17 heavy (non-hydrogen) atoms. The average molecular weight is 250 g/mol. The molecule has 1 aromatic heterocycles. The summed E-state index contributed by atoms with van der Waals surface area (Å²) in [6.07, 6.45) is -1.12. The molecule has 0 fully saturated rings. The number of pyridine rings is 1. The number of nitrogens with one attached hydrogen (secondary N) is 1. The fourth-order valence-electron chi connectivity index (χ4n) is 1.09. The molecule has 3 nitrogen and oxygen atoms in total. The van der Waals surface area contributed by atoms with Gasteiger partial charge in [0, 0.05) is 18.9 Å². The number of carbonyl (C=O) groups excluding carboxylic acids is 1. The zero-order chi connectivity index (χ0) is 13.1. The van der Waals surface area contributed by atoms with Gasteiger partial charge in [-0.3, -0.25) is 9.78 Å². The number of aryl methyl sites for hydroxylation is 1. The number of aromatic nitrogens is 1. The molecule has 0 aliphatic rings. The number of rotatable bonds is 4. The van der Waals surface area contributed by atoms with E-state index in [2.05, 4.69) is 4.98 Å². The highest BCUT2D eigenvalue weighted by Gasteiger charge is 2.48. The summed E-state index contributed by atoms with van der Waals surface area (Å²) in [5, 5.41) is 1.76. The highest BCUT2D eigenvalue weighted by atomic mass is 19.3. The van der Waals surface area contributed by atoms with E-state index in [1.807, 2.05) is 0 Å². The molecule has 0 bridgehead atoms. The van der Waals surface area contributed by atoms with E-state index < -0.39 is 18.3 Å². The number of amides is 1. The zero-order valence-corrected chi connectivity index (χ0v) is 8.88. The van der Waals surface area contributed by atoms with E-state index in [1.54, 1.807) is 12.2 Å². The van der Waals surface area contributed by atoms with Crippen LogP contribution in [0.15, 0.2) is 18.5 Å². The molecule has 0 atom stereocenters. The molecule has 7 heteroatoms. The Morgan fingerprint density at radius 1 is 1.53 bits per heavy atom. The van der Waals surface area contributed by atoms with Crippen molar-refractivity contribution < 1.29 is 22.4 Å². The van der Waals surface area contributed by atoms with Crippen molar-refractivity contribution >= 4 is 5.91 Å². The SMILES string of the molecule is Cc1cnccc1CNC(=O)C(F)(F)C(F)F. The van der Waals surface area contributed by atoms with Crippen LogP contribution in [-0.2, 0) is 11.3 Å². The van der Waals surface area contributed by atoms with Gasteiger partial charge < -0.3 is 5.32 Å². The van der Waals surface area contributed by atoms with Gasteiger partial charge in [-0.15, -0.1) is 0 Å². The van der Waals surface area contributed by atoms with Crippen LogP contribution in [0.4, 0.5) is 17.6 Å². The van der Waals surface area contributed by atoms with Gasteiger partial charge in [-0.1, -0.05) is 0 Å². The molecule has 0 saturated heterocycles. The Morgan fingerprint density at radius 3 is 2.71 bits per heavy atom. The van der Waals surface area contributed by atoms with E-state index in [0.29, 0.717) is 11.1 Å². The van der Waals surface area contributed by atoms with Crippen molar-refractivity contribution in [2.45, 2.75) is 25.8 Å². The lowest BCUT2D eigenvalue weighted by atomic mass is 10.1. The first kappa shape index (κ1) is 13.4. The molecule has 94 valence electrons. The van der Waals surface area contributed by atoms with Crippen molar-refractivity contribution in [2.75, 3.05) is 0 Å². The Labute approximate surface area is 94.8 Å². The minimum absolute atomic E-state index is 0.241. The third-order valence-electron chi connectivity index (χ3n) is 2.15. The summed E-state index contributed by atoms with van der Waals surface area (Å²) in [6.45, 7) is 1.43. The van der Waals surface area contributed by atoms with Crippen molar-refractivity contribution in [3.63, 3.8) is 0 Å². The lowest BCUT2D eigenvalue weighted by Gasteiger charge is -2.15. The second-order valence-corrected chi connectivity index (χ2v) is 3.41. The summed E-state index contributed by atoms with van der Waals surface area (Å²) in [5.74, 6) is -6.65. The van der Waals surface area contributed by atoms with Crippen molar-refractivity contribution in [3.05, 3.63) is 29.6 Å². The second-order valence-electron chi connectivity index (χ2n) is 3.41. The Hall–Kier alpha value is -1.66. The maximum atomic E-state index is 12.6. The number of hydrogen-bond acceptors (Lipinski definition) is 2. The van der Waals surface area contributed by atoms with Gasteiger partial charge in [-0.2, -0.15) is 8.78 Å². The van der Waals surface area contributed by atoms with E-state index in [9.17, 15) is 22.4 Å². The van der Waals surface area contributed by atoms with Gasteiger partial charge in [0.05, 0.1) is 0 Å². The summed E-state index contributed by atoms with van der Waals surface area (Å²) < 4.78 is 48.8. The normalized spacial score (nSPS) is 11.6. The first-order chi connectivity index (χ1) is 7.85. The van der Waals surface area contributed by atoms with E-state index >= 15 is 0 Å². The summed E-state index contributed by atoms with van der Waals surface area (Å²) in [4.78, 5) is 14.6. The van der Waals surface area contributed by atoms with E-state index in [1.165, 1.54) is 18.5 Å². The summed E-state index contributed by atoms with van der Waals surface area (Å²) in [6, 6.07) is 1.51. The highest BCUT2D eigenvalue weighted by Crippen LogP contribution is 2.22. The van der Waals surface area contributed by atoms with Gasteiger partial charge in [-0.05, 0) is 24.1 Å². The quantitative estimate of drug-likeness (QED) is 0.829. The summed E-state index contributed by atoms with van der Waals surface area (Å²) in [7, 11) is 0. The molecule has 1 amide bonds. The third-order valence-corrected chi connectivity index (χ3v) is 2.15. The zero-order valence-electron chi connectivity index (χ0n) is 8.88. The number of carbonyl (C=O) groups is 1. The minimum atomic E-state index is -4.67. The van der Waals surface area contributed by atoms with Crippen molar-refractivity contribution in [1.29, 1.82) is 0 Å². The van der Waals surface area contributed by atoms with Crippen LogP contribution >= 0.6 is 0 Å². The highest BCUT2D eigenvalue weighted by molar-refractivity contribution is 5.83. The molecule has 0 aliphatic heterocycles. The van der Waals surface area contributed by atoms with Crippen LogP contribution in [0.3, 0.4) is 0 Å². The fraction of sp³-hybridized carbons (Fsp3) is 0.400. The Bertz CT molecular complexity index is 409. The molecule has 1 heterocycles. The molecule has 0 radical (unpaired) electrons. The largest absolute Gasteiger partial charge is 0.383 e. The molecule has 0 aromatic carbocycles. The first-order valence-corrected chi connectivity index (χ1v) is 4.69. The number of hydrogen-bond donors (Lipinski definition) is 1. The smallest absolute Gasteiger partial charge is 0.347 e. The van der Waals surface area contributed by atoms with Crippen LogP contribution in [0.2, 0.25) is 0 Å². The molecule has 1 rings (SSSR count). The van der Waals surface area contributed by atoms with Crippen LogP contribution in [0.1, 0.15) is 11.1 Å². The molecular formula is C10H10F4N2O. The van der Waals surface area contributed by atoms with Gasteiger partial charge in [0.25, 0.3) is 5.91 Å². The van der Waals surface area contributed by atoms with Crippen molar-refractivity contribution in [2.24, 2.45) is 0 Å². The molecular weight excluding hydrogens is 240 g/mol. The molecule has 0 saturated carbocycles. The Kier molecular flexibility index (Phi) is 4.03. The third kappa shape index (κ3) is 3.15. The molecule has 0 spiro atoms. The second kappa shape index (κ2) is 5.11. The van der Waals surface area contributed by atoms with Gasteiger partial charge in [0.1, 0.15) is 0 Å². The van der Waals surface area contributed by atoms with E-state index in [0.717, 1.165) is 0 Å². The van der Waals surface area contributed by atoms with E-state index in [4.69, 9.17) is 0 Å². The summed E-state index contributed by atoms with van der Waals surface area (Å²) in [5.41, 5.74) is 1.21. The lowest BCUT2D eigenvalue weighted by Crippen LogP contribution is -2.44. The molecule has 0 unspecified atom stereocenters. The van der Waals surface area contributed by atoms with Crippen molar-refractivity contribution in [3.8, 4) is 0 Å². The lowest BCUT2D eigenvalue weighted by molar-refractivity contribution is -0.169. The minimum Gasteiger partial charge on any atom is -0.347 e. The fourth-order valence-corrected chi connectivity index (χ4v) is 1.09. The predicted molar refractivity (Wildman–Crippen MR) is 51.8 cm³/mol. The van der Waals surface area contributed by atoms with Gasteiger partial charge in [-0.25, -0.2) is 8.78 Å². The molecule has 0 aliphatic carbocycles. The Morgan fingerprint density at radius 2 is 2.18 bits per heavy atom. The van der Waals surface area contributed by atoms with Gasteiger partial charge in [0.15, 0.2) is 0 Å². The number of nitrogens with zero attached hydrogens (tertiary/aromatic N) is 1. The van der Waals surface area contributed by atoms with Crippen LogP contribution < -0.4 is 5.32 Å². The standard InChI is InChI=1S/C10H10F4N2O/c1-6-4-15-3-2-7(6)5-16-9(17)10(13,14)8(11)12/h2-4,8H,5H2,1H3,(H,16,17).